The van der Waals surface area contributed by atoms with Crippen LogP contribution in [0.25, 0.3) is 0 Å². The van der Waals surface area contributed by atoms with Crippen molar-refractivity contribution in [2.45, 2.75) is 60.4 Å². The van der Waals surface area contributed by atoms with E-state index in [1.54, 1.807) is 7.11 Å². The van der Waals surface area contributed by atoms with Crippen LogP contribution in [-0.2, 0) is 21.1 Å². The standard InChI is InChI=1S/C29H39N3O4S2/c1-36-25-7-9-26(10-8-25)37-27-19-28(29(33)30-23-14-18-38(34,35)21-23)32(20-27)24-12-16-31(17-13-24)15-11-22-5-3-2-4-6-22/h2-10,23-24,27-28H,11-21H2,1H3,(H,30,33)/t23-,27+,28-/m0/s1. The maximum absolute atomic E-state index is 13.5. The molecule has 1 amide bonds. The van der Waals surface area contributed by atoms with E-state index in [9.17, 15) is 13.2 Å². The highest BCUT2D eigenvalue weighted by Crippen LogP contribution is 2.36. The molecule has 2 aromatic carbocycles. The summed E-state index contributed by atoms with van der Waals surface area (Å²) in [5.41, 5.74) is 1.37. The molecule has 0 spiro atoms. The number of methoxy groups -OCH3 is 1. The van der Waals surface area contributed by atoms with Crippen LogP contribution in [-0.4, -0.2) is 92.3 Å². The third kappa shape index (κ3) is 7.11. The zero-order valence-electron chi connectivity index (χ0n) is 22.1. The Morgan fingerprint density at radius 3 is 2.45 bits per heavy atom. The van der Waals surface area contributed by atoms with E-state index in [1.165, 1.54) is 10.5 Å². The number of benzene rings is 2. The van der Waals surface area contributed by atoms with Crippen molar-refractivity contribution in [2.24, 2.45) is 0 Å². The van der Waals surface area contributed by atoms with Crippen molar-refractivity contribution in [3.8, 4) is 5.75 Å². The molecule has 0 bridgehead atoms. The number of thioether (sulfide) groups is 1. The average Bonchev–Trinajstić information content (AvgIpc) is 3.51. The normalized spacial score (nSPS) is 26.4. The van der Waals surface area contributed by atoms with E-state index in [0.717, 1.165) is 57.6 Å². The summed E-state index contributed by atoms with van der Waals surface area (Å²) in [5.74, 6) is 1.07. The van der Waals surface area contributed by atoms with Gasteiger partial charge in [0.15, 0.2) is 9.84 Å². The van der Waals surface area contributed by atoms with Crippen molar-refractivity contribution in [2.75, 3.05) is 44.8 Å². The van der Waals surface area contributed by atoms with Crippen LogP contribution in [0.1, 0.15) is 31.2 Å². The molecule has 3 saturated heterocycles. The molecule has 3 aliphatic heterocycles. The van der Waals surface area contributed by atoms with Crippen molar-refractivity contribution in [3.05, 3.63) is 60.2 Å². The van der Waals surface area contributed by atoms with Gasteiger partial charge in [0.1, 0.15) is 5.75 Å². The highest BCUT2D eigenvalue weighted by molar-refractivity contribution is 8.00. The van der Waals surface area contributed by atoms with E-state index in [2.05, 4.69) is 57.6 Å². The first-order valence-electron chi connectivity index (χ1n) is 13.7. The minimum absolute atomic E-state index is 0.00330. The smallest absolute Gasteiger partial charge is 0.237 e. The molecule has 5 rings (SSSR count). The lowest BCUT2D eigenvalue weighted by atomic mass is 10.0. The third-order valence-electron chi connectivity index (χ3n) is 8.13. The molecule has 1 N–H and O–H groups in total. The second-order valence-electron chi connectivity index (χ2n) is 10.8. The Morgan fingerprint density at radius 1 is 1.05 bits per heavy atom. The molecule has 3 heterocycles. The molecule has 0 unspecified atom stereocenters. The summed E-state index contributed by atoms with van der Waals surface area (Å²) in [6, 6.07) is 18.6. The van der Waals surface area contributed by atoms with Crippen LogP contribution in [0.4, 0.5) is 0 Å². The molecule has 0 radical (unpaired) electrons. The Kier molecular flexibility index (Phi) is 8.98. The molecule has 3 atom stereocenters. The van der Waals surface area contributed by atoms with Gasteiger partial charge >= 0.3 is 0 Å². The number of rotatable bonds is 9. The van der Waals surface area contributed by atoms with Gasteiger partial charge in [-0.25, -0.2) is 8.42 Å². The molecule has 9 heteroatoms. The van der Waals surface area contributed by atoms with E-state index in [4.69, 9.17) is 4.74 Å². The molecule has 3 fully saturated rings. The highest BCUT2D eigenvalue weighted by atomic mass is 32.2. The zero-order valence-corrected chi connectivity index (χ0v) is 23.8. The van der Waals surface area contributed by atoms with Crippen molar-refractivity contribution in [1.29, 1.82) is 0 Å². The maximum atomic E-state index is 13.5. The van der Waals surface area contributed by atoms with Crippen LogP contribution < -0.4 is 10.1 Å². The number of hydrogen-bond donors (Lipinski definition) is 1. The highest BCUT2D eigenvalue weighted by Gasteiger charge is 2.42. The third-order valence-corrected chi connectivity index (χ3v) is 11.1. The molecule has 3 aliphatic rings. The van der Waals surface area contributed by atoms with Crippen LogP contribution in [0.5, 0.6) is 5.75 Å². The summed E-state index contributed by atoms with van der Waals surface area (Å²) in [7, 11) is -1.37. The summed E-state index contributed by atoms with van der Waals surface area (Å²) < 4.78 is 29.2. The van der Waals surface area contributed by atoms with Crippen LogP contribution in [0, 0.1) is 0 Å². The number of amides is 1. The van der Waals surface area contributed by atoms with Gasteiger partial charge < -0.3 is 15.0 Å². The lowest BCUT2D eigenvalue weighted by molar-refractivity contribution is -0.127. The first-order valence-corrected chi connectivity index (χ1v) is 16.4. The Bertz CT molecular complexity index is 1170. The van der Waals surface area contributed by atoms with Gasteiger partial charge in [-0.05, 0) is 75.0 Å². The molecule has 206 valence electrons. The van der Waals surface area contributed by atoms with Gasteiger partial charge in [0, 0.05) is 35.3 Å². The number of piperidine rings is 1. The summed E-state index contributed by atoms with van der Waals surface area (Å²) in [5, 5.41) is 3.40. The lowest BCUT2D eigenvalue weighted by Gasteiger charge is -2.39. The minimum atomic E-state index is -3.04. The van der Waals surface area contributed by atoms with E-state index in [-0.39, 0.29) is 29.5 Å². The van der Waals surface area contributed by atoms with Gasteiger partial charge in [0.25, 0.3) is 0 Å². The number of likely N-dealkylation sites (tertiary alicyclic amines) is 2. The number of hydrogen-bond acceptors (Lipinski definition) is 7. The SMILES string of the molecule is COc1ccc(S[C@@H]2C[C@@H](C(=O)N[C@H]3CCS(=O)(=O)C3)N(C3CCN(CCc4ccccc4)CC3)C2)cc1. The number of ether oxygens (including phenoxy) is 1. The van der Waals surface area contributed by atoms with E-state index in [0.29, 0.717) is 17.7 Å². The number of sulfone groups is 1. The van der Waals surface area contributed by atoms with Crippen LogP contribution in [0.3, 0.4) is 0 Å². The minimum Gasteiger partial charge on any atom is -0.497 e. The molecule has 0 saturated carbocycles. The molecular formula is C29H39N3O4S2. The number of carbonyl (C=O) groups is 1. The monoisotopic (exact) mass is 557 g/mol. The summed E-state index contributed by atoms with van der Waals surface area (Å²) >= 11 is 1.82. The Morgan fingerprint density at radius 2 is 1.79 bits per heavy atom. The fraction of sp³-hybridized carbons (Fsp3) is 0.552. The maximum Gasteiger partial charge on any atom is 0.237 e. The van der Waals surface area contributed by atoms with E-state index in [1.807, 2.05) is 23.9 Å². The number of nitrogens with one attached hydrogen (secondary N) is 1. The first kappa shape index (κ1) is 27.5. The topological polar surface area (TPSA) is 78.9 Å². The van der Waals surface area contributed by atoms with Gasteiger partial charge in [-0.3, -0.25) is 9.69 Å². The van der Waals surface area contributed by atoms with Crippen LogP contribution in [0.15, 0.2) is 59.5 Å². The quantitative estimate of drug-likeness (QED) is 0.507. The van der Waals surface area contributed by atoms with Gasteiger partial charge in [-0.15, -0.1) is 11.8 Å². The largest absolute Gasteiger partial charge is 0.497 e. The number of nitrogens with zero attached hydrogens (tertiary/aromatic N) is 2. The second-order valence-corrected chi connectivity index (χ2v) is 14.4. The van der Waals surface area contributed by atoms with Crippen LogP contribution >= 0.6 is 11.8 Å². The molecule has 38 heavy (non-hydrogen) atoms. The Balaban J connectivity index is 1.21. The first-order chi connectivity index (χ1) is 18.4. The molecule has 0 aromatic heterocycles. The lowest BCUT2D eigenvalue weighted by Crippen LogP contribution is -2.53. The molecule has 2 aromatic rings. The predicted molar refractivity (Wildman–Crippen MR) is 153 cm³/mol. The summed E-state index contributed by atoms with van der Waals surface area (Å²) in [4.78, 5) is 19.6. The number of carbonyl (C=O) groups excluding carboxylic acids is 1. The van der Waals surface area contributed by atoms with Crippen molar-refractivity contribution in [1.82, 2.24) is 15.1 Å². The zero-order chi connectivity index (χ0) is 26.5. The summed E-state index contributed by atoms with van der Waals surface area (Å²) in [6.07, 6.45) is 4.46. The van der Waals surface area contributed by atoms with Crippen molar-refractivity contribution < 1.29 is 17.9 Å². The summed E-state index contributed by atoms with van der Waals surface area (Å²) in [6.45, 7) is 4.01. The molecule has 0 aliphatic carbocycles. The van der Waals surface area contributed by atoms with Crippen molar-refractivity contribution >= 4 is 27.5 Å². The van der Waals surface area contributed by atoms with E-state index >= 15 is 0 Å². The van der Waals surface area contributed by atoms with Crippen molar-refractivity contribution in [3.63, 3.8) is 0 Å². The molecular weight excluding hydrogens is 518 g/mol. The molecule has 7 nitrogen and oxygen atoms in total. The predicted octanol–water partition coefficient (Wildman–Crippen LogP) is 3.24. The van der Waals surface area contributed by atoms with Gasteiger partial charge in [-0.2, -0.15) is 0 Å². The fourth-order valence-electron chi connectivity index (χ4n) is 6.03. The van der Waals surface area contributed by atoms with Gasteiger partial charge in [0.2, 0.25) is 5.91 Å². The van der Waals surface area contributed by atoms with E-state index < -0.39 is 9.84 Å². The van der Waals surface area contributed by atoms with Crippen LogP contribution in [0.2, 0.25) is 0 Å². The Hall–Kier alpha value is -2.07. The van der Waals surface area contributed by atoms with Gasteiger partial charge in [0.05, 0.1) is 24.7 Å². The fourth-order valence-corrected chi connectivity index (χ4v) is 8.90. The second kappa shape index (κ2) is 12.4. The average molecular weight is 558 g/mol. The Labute approximate surface area is 231 Å². The van der Waals surface area contributed by atoms with Gasteiger partial charge in [-0.1, -0.05) is 30.3 Å².